The number of carbonyl (C=O) groups is 1. The van der Waals surface area contributed by atoms with Gasteiger partial charge in [-0.1, -0.05) is 43.3 Å². The van der Waals surface area contributed by atoms with Crippen molar-refractivity contribution < 1.29 is 23.1 Å². The van der Waals surface area contributed by atoms with Crippen LogP contribution in [0.2, 0.25) is 5.02 Å². The molecule has 0 unspecified atom stereocenters. The molecule has 0 saturated carbocycles. The van der Waals surface area contributed by atoms with Gasteiger partial charge in [0.1, 0.15) is 17.5 Å². The first kappa shape index (κ1) is 27.1. The highest BCUT2D eigenvalue weighted by Crippen LogP contribution is 2.39. The van der Waals surface area contributed by atoms with Crippen LogP contribution in [0.5, 0.6) is 0 Å². The highest BCUT2D eigenvalue weighted by Gasteiger charge is 2.30. The van der Waals surface area contributed by atoms with Gasteiger partial charge in [0.25, 0.3) is 0 Å². The van der Waals surface area contributed by atoms with Gasteiger partial charge in [0.2, 0.25) is 0 Å². The second-order valence-corrected chi connectivity index (χ2v) is 10.7. The zero-order valence-electron chi connectivity index (χ0n) is 19.6. The molecule has 0 spiro atoms. The number of carboxylic acid groups (broad SMARTS) is 1. The molecule has 11 heteroatoms. The standard InChI is InChI=1S/C26H21ClF3N3O2S2/c1-26(2,15-3-8-19(27)22(11-15)37-31)23-12-32-25(33(23)17-6-4-16(28)5-7-17)36-13-18-20(29)9-14(24(34)35)10-21(18)30/h3-12H,13,31H2,1-2H3,(H,34,35). The average Bonchev–Trinajstić information content (AvgIpc) is 3.28. The quantitative estimate of drug-likeness (QED) is 0.174. The van der Waals surface area contributed by atoms with Gasteiger partial charge in [-0.25, -0.2) is 22.9 Å². The summed E-state index contributed by atoms with van der Waals surface area (Å²) in [5.74, 6) is -3.90. The third kappa shape index (κ3) is 5.52. The van der Waals surface area contributed by atoms with E-state index in [0.29, 0.717) is 20.8 Å². The summed E-state index contributed by atoms with van der Waals surface area (Å²) in [5, 5.41) is 15.7. The minimum atomic E-state index is -1.42. The summed E-state index contributed by atoms with van der Waals surface area (Å²) in [6.45, 7) is 3.97. The van der Waals surface area contributed by atoms with E-state index in [9.17, 15) is 18.0 Å². The van der Waals surface area contributed by atoms with Gasteiger partial charge >= 0.3 is 5.97 Å². The third-order valence-electron chi connectivity index (χ3n) is 5.97. The summed E-state index contributed by atoms with van der Waals surface area (Å²) in [4.78, 5) is 16.3. The van der Waals surface area contributed by atoms with Gasteiger partial charge in [-0.15, -0.1) is 0 Å². The number of rotatable bonds is 8. The Balaban J connectivity index is 1.78. The summed E-state index contributed by atoms with van der Waals surface area (Å²) in [5.41, 5.74) is 0.860. The summed E-state index contributed by atoms with van der Waals surface area (Å²) in [6, 6.07) is 12.9. The number of nitrogens with two attached hydrogens (primary N) is 1. The maximum atomic E-state index is 14.6. The molecule has 1 aromatic heterocycles. The van der Waals surface area contributed by atoms with Crippen molar-refractivity contribution in [2.45, 2.75) is 35.1 Å². The summed E-state index contributed by atoms with van der Waals surface area (Å²) in [6.07, 6.45) is 1.66. The molecule has 0 aliphatic heterocycles. The second kappa shape index (κ2) is 10.8. The van der Waals surface area contributed by atoms with Crippen molar-refractivity contribution in [2.75, 3.05) is 0 Å². The number of aromatic carboxylic acids is 1. The van der Waals surface area contributed by atoms with Crippen LogP contribution < -0.4 is 5.14 Å². The van der Waals surface area contributed by atoms with Gasteiger partial charge in [0.05, 0.1) is 22.5 Å². The first-order valence-electron chi connectivity index (χ1n) is 10.9. The number of benzene rings is 3. The molecular weight excluding hydrogens is 543 g/mol. The molecule has 4 rings (SSSR count). The van der Waals surface area contributed by atoms with E-state index in [0.717, 1.165) is 47.1 Å². The molecule has 0 atom stereocenters. The average molecular weight is 564 g/mol. The Bertz CT molecular complexity index is 1450. The lowest BCUT2D eigenvalue weighted by molar-refractivity contribution is 0.0695. The van der Waals surface area contributed by atoms with Crippen molar-refractivity contribution in [1.29, 1.82) is 0 Å². The fourth-order valence-electron chi connectivity index (χ4n) is 3.85. The number of halogens is 4. The molecular formula is C26H21ClF3N3O2S2. The topological polar surface area (TPSA) is 81.1 Å². The van der Waals surface area contributed by atoms with Gasteiger partial charge in [-0.05, 0) is 66.0 Å². The lowest BCUT2D eigenvalue weighted by atomic mass is 9.81. The van der Waals surface area contributed by atoms with E-state index in [4.69, 9.17) is 21.8 Å². The van der Waals surface area contributed by atoms with Gasteiger partial charge in [-0.3, -0.25) is 9.71 Å². The monoisotopic (exact) mass is 563 g/mol. The first-order chi connectivity index (χ1) is 17.5. The maximum Gasteiger partial charge on any atom is 0.335 e. The van der Waals surface area contributed by atoms with E-state index < -0.39 is 34.4 Å². The molecule has 3 aromatic carbocycles. The molecule has 0 aliphatic carbocycles. The van der Waals surface area contributed by atoms with Gasteiger partial charge in [-0.2, -0.15) is 0 Å². The van der Waals surface area contributed by atoms with Crippen molar-refractivity contribution in [3.63, 3.8) is 0 Å². The second-order valence-electron chi connectivity index (χ2n) is 8.64. The lowest BCUT2D eigenvalue weighted by Gasteiger charge is -2.28. The highest BCUT2D eigenvalue weighted by molar-refractivity contribution is 7.98. The van der Waals surface area contributed by atoms with E-state index in [2.05, 4.69) is 4.98 Å². The van der Waals surface area contributed by atoms with Crippen LogP contribution in [0.1, 0.15) is 41.0 Å². The van der Waals surface area contributed by atoms with Crippen molar-refractivity contribution in [2.24, 2.45) is 5.14 Å². The fraction of sp³-hybridized carbons (Fsp3) is 0.154. The molecule has 0 amide bonds. The first-order valence-corrected chi connectivity index (χ1v) is 13.1. The Hall–Kier alpha value is -2.92. The number of hydrogen-bond acceptors (Lipinski definition) is 5. The number of imidazole rings is 1. The molecule has 0 bridgehead atoms. The highest BCUT2D eigenvalue weighted by atomic mass is 35.5. The summed E-state index contributed by atoms with van der Waals surface area (Å²) < 4.78 is 44.6. The number of hydrogen-bond donors (Lipinski definition) is 2. The predicted octanol–water partition coefficient (Wildman–Crippen LogP) is 7.23. The van der Waals surface area contributed by atoms with E-state index in [1.807, 2.05) is 26.0 Å². The SMILES string of the molecule is CC(C)(c1ccc(Cl)c(SN)c1)c1cnc(SCc2c(F)cc(C(=O)O)cc2F)n1-c1ccc(F)cc1. The third-order valence-corrected chi connectivity index (χ3v) is 7.98. The van der Waals surface area contributed by atoms with Gasteiger partial charge in [0, 0.05) is 27.3 Å². The molecule has 37 heavy (non-hydrogen) atoms. The number of nitrogens with zero attached hydrogens (tertiary/aromatic N) is 2. The fourth-order valence-corrected chi connectivity index (χ4v) is 5.48. The van der Waals surface area contributed by atoms with Gasteiger partial charge < -0.3 is 5.11 Å². The van der Waals surface area contributed by atoms with Crippen LogP contribution >= 0.6 is 35.3 Å². The van der Waals surface area contributed by atoms with Crippen LogP contribution in [-0.4, -0.2) is 20.6 Å². The lowest BCUT2D eigenvalue weighted by Crippen LogP contribution is -2.23. The van der Waals surface area contributed by atoms with E-state index in [1.165, 1.54) is 12.1 Å². The van der Waals surface area contributed by atoms with E-state index in [1.54, 1.807) is 29.0 Å². The van der Waals surface area contributed by atoms with E-state index in [-0.39, 0.29) is 11.3 Å². The Morgan fingerprint density at radius 2 is 1.73 bits per heavy atom. The minimum Gasteiger partial charge on any atom is -0.478 e. The van der Waals surface area contributed by atoms with Crippen LogP contribution in [-0.2, 0) is 11.2 Å². The van der Waals surface area contributed by atoms with Crippen molar-refractivity contribution in [3.8, 4) is 5.69 Å². The zero-order valence-corrected chi connectivity index (χ0v) is 22.0. The van der Waals surface area contributed by atoms with Crippen molar-refractivity contribution in [3.05, 3.63) is 106 Å². The molecule has 0 saturated heterocycles. The molecule has 4 aromatic rings. The normalized spacial score (nSPS) is 11.6. The van der Waals surface area contributed by atoms with E-state index >= 15 is 0 Å². The Morgan fingerprint density at radius 1 is 1.08 bits per heavy atom. The molecule has 0 radical (unpaired) electrons. The van der Waals surface area contributed by atoms with Crippen LogP contribution in [0.4, 0.5) is 13.2 Å². The van der Waals surface area contributed by atoms with Crippen molar-refractivity contribution in [1.82, 2.24) is 9.55 Å². The number of thioether (sulfide) groups is 1. The number of carboxylic acids is 1. The predicted molar refractivity (Wildman–Crippen MR) is 140 cm³/mol. The summed E-state index contributed by atoms with van der Waals surface area (Å²) in [7, 11) is 0. The minimum absolute atomic E-state index is 0.148. The maximum absolute atomic E-state index is 14.6. The van der Waals surface area contributed by atoms with Gasteiger partial charge in [0.15, 0.2) is 5.16 Å². The number of aromatic nitrogens is 2. The molecule has 0 fully saturated rings. The largest absolute Gasteiger partial charge is 0.478 e. The van der Waals surface area contributed by atoms with Crippen LogP contribution in [0.25, 0.3) is 5.69 Å². The molecule has 0 aliphatic rings. The Labute approximate surface area is 225 Å². The zero-order chi connectivity index (χ0) is 26.9. The van der Waals surface area contributed by atoms with Crippen LogP contribution in [0, 0.1) is 17.5 Å². The Kier molecular flexibility index (Phi) is 7.94. The Morgan fingerprint density at radius 3 is 2.32 bits per heavy atom. The molecule has 192 valence electrons. The van der Waals surface area contributed by atoms with Crippen LogP contribution in [0.3, 0.4) is 0 Å². The van der Waals surface area contributed by atoms with Crippen molar-refractivity contribution >= 4 is 41.3 Å². The smallest absolute Gasteiger partial charge is 0.335 e. The molecule has 3 N–H and O–H groups in total. The molecule has 5 nitrogen and oxygen atoms in total. The summed E-state index contributed by atoms with van der Waals surface area (Å²) >= 11 is 8.34. The molecule has 1 heterocycles. The van der Waals surface area contributed by atoms with Crippen LogP contribution in [0.15, 0.2) is 70.8 Å².